The van der Waals surface area contributed by atoms with Crippen molar-refractivity contribution in [3.05, 3.63) is 70.5 Å². The van der Waals surface area contributed by atoms with E-state index in [1.165, 1.54) is 0 Å². The Kier molecular flexibility index (Phi) is 4.69. The number of hydrogen-bond donors (Lipinski definition) is 1. The molecule has 0 radical (unpaired) electrons. The van der Waals surface area contributed by atoms with Gasteiger partial charge in [-0.05, 0) is 37.1 Å². The van der Waals surface area contributed by atoms with Crippen molar-refractivity contribution < 1.29 is 4.52 Å². The molecule has 28 heavy (non-hydrogen) atoms. The number of hydrogen-bond acceptors (Lipinski definition) is 5. The Morgan fingerprint density at radius 3 is 2.18 bits per heavy atom. The zero-order valence-corrected chi connectivity index (χ0v) is 16.1. The summed E-state index contributed by atoms with van der Waals surface area (Å²) >= 11 is 0. The van der Waals surface area contributed by atoms with Gasteiger partial charge in [0.05, 0.1) is 16.6 Å². The molecule has 2 aromatic heterocycles. The van der Waals surface area contributed by atoms with Crippen LogP contribution in [0.3, 0.4) is 0 Å². The molecular formula is C21H21ClN4O2. The van der Waals surface area contributed by atoms with Gasteiger partial charge in [-0.2, -0.15) is 4.98 Å². The molecule has 4 aromatic rings. The molecule has 0 bridgehead atoms. The fourth-order valence-corrected chi connectivity index (χ4v) is 4.13. The van der Waals surface area contributed by atoms with Crippen LogP contribution in [0.15, 0.2) is 57.8 Å². The minimum Gasteiger partial charge on any atom is -0.337 e. The van der Waals surface area contributed by atoms with Gasteiger partial charge in [-0.15, -0.1) is 12.4 Å². The summed E-state index contributed by atoms with van der Waals surface area (Å²) in [6.45, 7) is 0.393. The van der Waals surface area contributed by atoms with Crippen LogP contribution in [0.4, 0.5) is 0 Å². The van der Waals surface area contributed by atoms with Gasteiger partial charge in [0, 0.05) is 10.8 Å². The quantitative estimate of drug-likeness (QED) is 0.533. The minimum absolute atomic E-state index is 0. The maximum absolute atomic E-state index is 12.8. The van der Waals surface area contributed by atoms with E-state index in [4.69, 9.17) is 10.3 Å². The van der Waals surface area contributed by atoms with Crippen molar-refractivity contribution in [2.24, 2.45) is 5.73 Å². The zero-order valence-electron chi connectivity index (χ0n) is 15.3. The first kappa shape index (κ1) is 18.7. The van der Waals surface area contributed by atoms with E-state index in [2.05, 4.69) is 14.7 Å². The van der Waals surface area contributed by atoms with E-state index in [1.54, 1.807) is 0 Å². The third-order valence-electron chi connectivity index (χ3n) is 5.58. The van der Waals surface area contributed by atoms with Crippen molar-refractivity contribution in [1.29, 1.82) is 0 Å². The third kappa shape index (κ3) is 2.89. The lowest BCUT2D eigenvalue weighted by atomic mass is 9.99. The van der Waals surface area contributed by atoms with Crippen LogP contribution < -0.4 is 11.2 Å². The van der Waals surface area contributed by atoms with E-state index in [0.717, 1.165) is 36.7 Å². The molecule has 1 saturated carbocycles. The largest absolute Gasteiger partial charge is 0.337 e. The summed E-state index contributed by atoms with van der Waals surface area (Å²) in [4.78, 5) is 17.4. The molecule has 144 valence electrons. The molecular weight excluding hydrogens is 376 g/mol. The van der Waals surface area contributed by atoms with Gasteiger partial charge in [-0.25, -0.2) is 0 Å². The molecule has 1 aliphatic rings. The van der Waals surface area contributed by atoms with Crippen LogP contribution in [0.5, 0.6) is 0 Å². The number of fused-ring (bicyclic) bond motifs is 2. The van der Waals surface area contributed by atoms with Gasteiger partial charge in [0.25, 0.3) is 0 Å². The highest BCUT2D eigenvalue weighted by molar-refractivity contribution is 5.93. The Labute approximate surface area is 167 Å². The van der Waals surface area contributed by atoms with Gasteiger partial charge in [0.2, 0.25) is 5.89 Å². The van der Waals surface area contributed by atoms with Crippen molar-refractivity contribution in [3.63, 3.8) is 0 Å². The summed E-state index contributed by atoms with van der Waals surface area (Å²) in [7, 11) is 0. The molecule has 2 N–H and O–H groups in total. The fraction of sp³-hybridized carbons (Fsp3) is 0.286. The molecule has 1 aliphatic carbocycles. The maximum atomic E-state index is 12.8. The highest BCUT2D eigenvalue weighted by Crippen LogP contribution is 2.34. The fourth-order valence-electron chi connectivity index (χ4n) is 4.13. The highest BCUT2D eigenvalue weighted by Gasteiger charge is 2.36. The standard InChI is InChI=1S/C21H20N4O2.ClH/c22-21(11-5-6-12-21)20-23-18(27-24-20)13-25-16-9-3-1-7-14(16)19(26)15-8-2-4-10-17(15)25;/h1-4,7-10H,5-6,11-13,22H2;1H. The second-order valence-electron chi connectivity index (χ2n) is 7.32. The molecule has 0 amide bonds. The number of para-hydroxylation sites is 2. The van der Waals surface area contributed by atoms with E-state index in [0.29, 0.717) is 29.0 Å². The number of halogens is 1. The Balaban J connectivity index is 0.00000192. The van der Waals surface area contributed by atoms with Crippen molar-refractivity contribution in [2.75, 3.05) is 0 Å². The SMILES string of the molecule is Cl.NC1(c2noc(Cn3c4ccccc4c(=O)c4ccccc43)n2)CCCC1. The van der Waals surface area contributed by atoms with Crippen LogP contribution in [0.1, 0.15) is 37.4 Å². The Bertz CT molecular complexity index is 1150. The Morgan fingerprint density at radius 1 is 1.00 bits per heavy atom. The second kappa shape index (κ2) is 7.04. The molecule has 0 atom stereocenters. The van der Waals surface area contributed by atoms with E-state index in [9.17, 15) is 4.79 Å². The number of benzene rings is 2. The number of pyridine rings is 1. The summed E-state index contributed by atoms with van der Waals surface area (Å²) in [5.74, 6) is 1.09. The molecule has 7 heteroatoms. The van der Waals surface area contributed by atoms with Crippen LogP contribution in [0.25, 0.3) is 21.8 Å². The topological polar surface area (TPSA) is 86.9 Å². The predicted molar refractivity (Wildman–Crippen MR) is 111 cm³/mol. The first-order valence-electron chi connectivity index (χ1n) is 9.28. The lowest BCUT2D eigenvalue weighted by Gasteiger charge is -2.17. The molecule has 1 fully saturated rings. The van der Waals surface area contributed by atoms with Crippen LogP contribution >= 0.6 is 12.4 Å². The molecule has 2 heterocycles. The predicted octanol–water partition coefficient (Wildman–Crippen LogP) is 3.74. The van der Waals surface area contributed by atoms with Gasteiger partial charge in [-0.3, -0.25) is 4.79 Å². The second-order valence-corrected chi connectivity index (χ2v) is 7.32. The smallest absolute Gasteiger partial charge is 0.246 e. The Morgan fingerprint density at radius 2 is 1.57 bits per heavy atom. The van der Waals surface area contributed by atoms with Gasteiger partial charge in [-0.1, -0.05) is 42.3 Å². The minimum atomic E-state index is -0.477. The number of nitrogens with two attached hydrogens (primary N) is 1. The summed E-state index contributed by atoms with van der Waals surface area (Å²) in [5, 5.41) is 5.52. The van der Waals surface area contributed by atoms with E-state index >= 15 is 0 Å². The molecule has 2 aromatic carbocycles. The van der Waals surface area contributed by atoms with Crippen LogP contribution in [-0.2, 0) is 12.1 Å². The van der Waals surface area contributed by atoms with Crippen molar-refractivity contribution in [3.8, 4) is 0 Å². The van der Waals surface area contributed by atoms with Crippen LogP contribution in [0.2, 0.25) is 0 Å². The van der Waals surface area contributed by atoms with E-state index < -0.39 is 5.54 Å². The summed E-state index contributed by atoms with van der Waals surface area (Å²) in [6, 6.07) is 15.2. The maximum Gasteiger partial charge on any atom is 0.246 e. The average molecular weight is 397 g/mol. The van der Waals surface area contributed by atoms with Crippen molar-refractivity contribution >= 4 is 34.2 Å². The van der Waals surface area contributed by atoms with E-state index in [1.807, 2.05) is 48.5 Å². The van der Waals surface area contributed by atoms with Gasteiger partial charge in [0.15, 0.2) is 11.3 Å². The normalized spacial score (nSPS) is 15.8. The lowest BCUT2D eigenvalue weighted by molar-refractivity contribution is 0.346. The van der Waals surface area contributed by atoms with Crippen molar-refractivity contribution in [1.82, 2.24) is 14.7 Å². The summed E-state index contributed by atoms with van der Waals surface area (Å²) < 4.78 is 7.59. The van der Waals surface area contributed by atoms with Gasteiger partial charge < -0.3 is 14.8 Å². The molecule has 0 saturated heterocycles. The summed E-state index contributed by atoms with van der Waals surface area (Å²) in [6.07, 6.45) is 3.95. The molecule has 6 nitrogen and oxygen atoms in total. The number of rotatable bonds is 3. The molecule has 0 aliphatic heterocycles. The average Bonchev–Trinajstić information content (AvgIpc) is 3.35. The summed E-state index contributed by atoms with van der Waals surface area (Å²) in [5.41, 5.74) is 7.72. The van der Waals surface area contributed by atoms with Crippen molar-refractivity contribution in [2.45, 2.75) is 37.8 Å². The first-order chi connectivity index (χ1) is 13.2. The monoisotopic (exact) mass is 396 g/mol. The van der Waals surface area contributed by atoms with E-state index in [-0.39, 0.29) is 17.8 Å². The van der Waals surface area contributed by atoms with Crippen LogP contribution in [0, 0.1) is 0 Å². The van der Waals surface area contributed by atoms with Gasteiger partial charge in [0.1, 0.15) is 6.54 Å². The zero-order chi connectivity index (χ0) is 18.4. The molecule has 5 rings (SSSR count). The highest BCUT2D eigenvalue weighted by atomic mass is 35.5. The third-order valence-corrected chi connectivity index (χ3v) is 5.58. The first-order valence-corrected chi connectivity index (χ1v) is 9.28. The number of aromatic nitrogens is 3. The lowest BCUT2D eigenvalue weighted by Crippen LogP contribution is -2.34. The van der Waals surface area contributed by atoms with Crippen LogP contribution in [-0.4, -0.2) is 14.7 Å². The molecule has 0 unspecified atom stereocenters. The molecule has 0 spiro atoms. The van der Waals surface area contributed by atoms with Gasteiger partial charge >= 0.3 is 0 Å². The number of nitrogens with zero attached hydrogens (tertiary/aromatic N) is 3. The Hall–Kier alpha value is -2.70.